The van der Waals surface area contributed by atoms with Crippen LogP contribution in [0.15, 0.2) is 84.9 Å². The molecule has 0 bridgehead atoms. The van der Waals surface area contributed by atoms with E-state index in [-0.39, 0.29) is 23.7 Å². The molecule has 210 valence electrons. The Kier molecular flexibility index (Phi) is 7.70. The average Bonchev–Trinajstić information content (AvgIpc) is 2.93. The average molecular weight is 554 g/mol. The number of fused-ring (bicyclic) bond motifs is 1. The third kappa shape index (κ3) is 6.19. The first-order valence-corrected chi connectivity index (χ1v) is 13.3. The minimum Gasteiger partial charge on any atom is -0.496 e. The van der Waals surface area contributed by atoms with Crippen LogP contribution >= 0.6 is 0 Å². The quantitative estimate of drug-likeness (QED) is 0.183. The lowest BCUT2D eigenvalue weighted by Gasteiger charge is -2.33. The van der Waals surface area contributed by atoms with E-state index in [9.17, 15) is 9.18 Å². The molecule has 0 spiro atoms. The number of hydrogen-bond acceptors (Lipinski definition) is 6. The van der Waals surface area contributed by atoms with Crippen LogP contribution in [0.3, 0.4) is 0 Å². The van der Waals surface area contributed by atoms with Crippen molar-refractivity contribution in [2.45, 2.75) is 39.8 Å². The molecule has 0 unspecified atom stereocenters. The lowest BCUT2D eigenvalue weighted by atomic mass is 9.85. The molecular weight excluding hydrogens is 521 g/mol. The summed E-state index contributed by atoms with van der Waals surface area (Å²) in [5.74, 6) is 1.28. The molecule has 0 atom stereocenters. The fraction of sp³-hybridized carbons (Fsp3) is 0.206. The molecule has 6 nitrogen and oxygen atoms in total. The Morgan fingerprint density at radius 3 is 2.34 bits per heavy atom. The molecule has 1 aliphatic rings. The minimum absolute atomic E-state index is 0.195. The van der Waals surface area contributed by atoms with Crippen molar-refractivity contribution < 1.29 is 28.1 Å². The van der Waals surface area contributed by atoms with Gasteiger partial charge in [0.05, 0.1) is 12.6 Å². The van der Waals surface area contributed by atoms with Crippen molar-refractivity contribution in [2.75, 3.05) is 12.4 Å². The molecule has 0 amide bonds. The van der Waals surface area contributed by atoms with Gasteiger partial charge in [0.2, 0.25) is 0 Å². The standard InChI is InChI=1S/C34H32FNO5/c1-21-11-12-23(35)17-30(21)39-20-28-26(15-16-29-32(28)22(2)19-34(3,4)36-29)27-14-13-25(18-31(27)38-5)41-33(37)40-24-9-7-6-8-10-24/h6-19,36H,20H2,1-5H3. The summed E-state index contributed by atoms with van der Waals surface area (Å²) in [7, 11) is 1.56. The zero-order valence-corrected chi connectivity index (χ0v) is 23.7. The molecular formula is C34H32FNO5. The fourth-order valence-corrected chi connectivity index (χ4v) is 5.14. The van der Waals surface area contributed by atoms with Crippen molar-refractivity contribution in [3.63, 3.8) is 0 Å². The van der Waals surface area contributed by atoms with Crippen LogP contribution in [0.4, 0.5) is 14.9 Å². The van der Waals surface area contributed by atoms with E-state index in [0.29, 0.717) is 17.2 Å². The molecule has 0 saturated carbocycles. The normalized spacial score (nSPS) is 13.4. The summed E-state index contributed by atoms with van der Waals surface area (Å²) in [5.41, 5.74) is 6.29. The first-order valence-electron chi connectivity index (χ1n) is 13.3. The minimum atomic E-state index is -0.853. The fourth-order valence-electron chi connectivity index (χ4n) is 5.14. The summed E-state index contributed by atoms with van der Waals surface area (Å²) in [6.45, 7) is 8.39. The highest BCUT2D eigenvalue weighted by molar-refractivity contribution is 5.88. The lowest BCUT2D eigenvalue weighted by Crippen LogP contribution is -2.32. The summed E-state index contributed by atoms with van der Waals surface area (Å²) >= 11 is 0. The van der Waals surface area contributed by atoms with E-state index in [0.717, 1.165) is 39.1 Å². The zero-order valence-electron chi connectivity index (χ0n) is 23.7. The van der Waals surface area contributed by atoms with Crippen LogP contribution in [-0.2, 0) is 6.61 Å². The molecule has 1 aliphatic heterocycles. The summed E-state index contributed by atoms with van der Waals surface area (Å²) in [6, 6.07) is 22.4. The molecule has 0 aromatic heterocycles. The van der Waals surface area contributed by atoms with Gasteiger partial charge in [0, 0.05) is 34.5 Å². The number of halogens is 1. The van der Waals surface area contributed by atoms with Gasteiger partial charge in [-0.15, -0.1) is 0 Å². The first kappa shape index (κ1) is 27.8. The second-order valence-corrected chi connectivity index (χ2v) is 10.5. The summed E-state index contributed by atoms with van der Waals surface area (Å²) in [5, 5.41) is 3.59. The van der Waals surface area contributed by atoms with Crippen LogP contribution < -0.4 is 24.3 Å². The Bertz CT molecular complexity index is 1630. The number of allylic oxidation sites excluding steroid dienone is 1. The van der Waals surface area contributed by atoms with Crippen molar-refractivity contribution in [3.8, 4) is 34.1 Å². The number of rotatable bonds is 7. The number of para-hydroxylation sites is 1. The highest BCUT2D eigenvalue weighted by Gasteiger charge is 2.27. The van der Waals surface area contributed by atoms with Gasteiger partial charge in [0.25, 0.3) is 0 Å². The number of methoxy groups -OCH3 is 1. The van der Waals surface area contributed by atoms with Gasteiger partial charge in [-0.05, 0) is 80.8 Å². The summed E-state index contributed by atoms with van der Waals surface area (Å²) < 4.78 is 36.7. The third-order valence-corrected chi connectivity index (χ3v) is 6.87. The van der Waals surface area contributed by atoms with E-state index in [4.69, 9.17) is 18.9 Å². The van der Waals surface area contributed by atoms with Gasteiger partial charge < -0.3 is 24.3 Å². The van der Waals surface area contributed by atoms with Crippen molar-refractivity contribution in [3.05, 3.63) is 107 Å². The molecule has 1 heterocycles. The number of hydrogen-bond donors (Lipinski definition) is 1. The maximum atomic E-state index is 14.0. The highest BCUT2D eigenvalue weighted by Crippen LogP contribution is 2.43. The van der Waals surface area contributed by atoms with Gasteiger partial charge in [-0.3, -0.25) is 0 Å². The van der Waals surface area contributed by atoms with E-state index < -0.39 is 6.16 Å². The van der Waals surface area contributed by atoms with Gasteiger partial charge in [0.15, 0.2) is 0 Å². The summed E-state index contributed by atoms with van der Waals surface area (Å²) in [4.78, 5) is 12.4. The van der Waals surface area contributed by atoms with E-state index >= 15 is 0 Å². The van der Waals surface area contributed by atoms with Crippen LogP contribution in [0.1, 0.15) is 37.5 Å². The number of anilines is 1. The van der Waals surface area contributed by atoms with Crippen LogP contribution in [0.2, 0.25) is 0 Å². The van der Waals surface area contributed by atoms with Crippen LogP contribution in [0.25, 0.3) is 16.7 Å². The van der Waals surface area contributed by atoms with Gasteiger partial charge in [0.1, 0.15) is 35.4 Å². The Morgan fingerprint density at radius 1 is 0.854 bits per heavy atom. The summed E-state index contributed by atoms with van der Waals surface area (Å²) in [6.07, 6.45) is 1.33. The number of benzene rings is 4. The smallest absolute Gasteiger partial charge is 0.496 e. The molecule has 0 saturated heterocycles. The van der Waals surface area contributed by atoms with Crippen LogP contribution in [-0.4, -0.2) is 18.8 Å². The second-order valence-electron chi connectivity index (χ2n) is 10.5. The van der Waals surface area contributed by atoms with Crippen molar-refractivity contribution >= 4 is 17.4 Å². The molecule has 4 aromatic rings. The molecule has 0 aliphatic carbocycles. The van der Waals surface area contributed by atoms with Crippen molar-refractivity contribution in [2.24, 2.45) is 0 Å². The number of carbonyl (C=O) groups is 1. The molecule has 41 heavy (non-hydrogen) atoms. The first-order chi connectivity index (χ1) is 19.6. The maximum absolute atomic E-state index is 14.0. The SMILES string of the molecule is COc1cc(OC(=O)Oc2ccccc2)ccc1-c1ccc2c(c1COc1cc(F)ccc1C)C(C)=CC(C)(C)N2. The Hall–Kier alpha value is -4.78. The Labute approximate surface area is 239 Å². The molecule has 4 aromatic carbocycles. The van der Waals surface area contributed by atoms with Crippen LogP contribution in [0, 0.1) is 12.7 Å². The van der Waals surface area contributed by atoms with Crippen molar-refractivity contribution in [1.82, 2.24) is 0 Å². The molecule has 7 heteroatoms. The molecule has 0 radical (unpaired) electrons. The molecule has 0 fully saturated rings. The molecule has 1 N–H and O–H groups in total. The Balaban J connectivity index is 1.52. The monoisotopic (exact) mass is 553 g/mol. The van der Waals surface area contributed by atoms with E-state index in [1.165, 1.54) is 12.1 Å². The predicted molar refractivity (Wildman–Crippen MR) is 158 cm³/mol. The van der Waals surface area contributed by atoms with E-state index in [1.807, 2.05) is 31.2 Å². The number of carbonyl (C=O) groups excluding carboxylic acids is 1. The van der Waals surface area contributed by atoms with Gasteiger partial charge in [-0.1, -0.05) is 36.4 Å². The number of nitrogens with one attached hydrogen (secondary N) is 1. The second kappa shape index (κ2) is 11.4. The third-order valence-electron chi connectivity index (χ3n) is 6.87. The predicted octanol–water partition coefficient (Wildman–Crippen LogP) is 8.57. The lowest BCUT2D eigenvalue weighted by molar-refractivity contribution is 0.152. The maximum Gasteiger partial charge on any atom is 0.519 e. The topological polar surface area (TPSA) is 66.0 Å². The number of aryl methyl sites for hydroxylation is 1. The van der Waals surface area contributed by atoms with Gasteiger partial charge >= 0.3 is 6.16 Å². The number of ether oxygens (including phenoxy) is 4. The van der Waals surface area contributed by atoms with Gasteiger partial charge in [-0.25, -0.2) is 9.18 Å². The largest absolute Gasteiger partial charge is 0.519 e. The highest BCUT2D eigenvalue weighted by atomic mass is 19.1. The van der Waals surface area contributed by atoms with Crippen LogP contribution in [0.5, 0.6) is 23.0 Å². The van der Waals surface area contributed by atoms with E-state index in [1.54, 1.807) is 49.6 Å². The molecule has 5 rings (SSSR count). The van der Waals surface area contributed by atoms with Crippen molar-refractivity contribution in [1.29, 1.82) is 0 Å². The Morgan fingerprint density at radius 2 is 1.59 bits per heavy atom. The van der Waals surface area contributed by atoms with Gasteiger partial charge in [-0.2, -0.15) is 0 Å². The van der Waals surface area contributed by atoms with E-state index in [2.05, 4.69) is 32.2 Å². The zero-order chi connectivity index (χ0) is 29.1.